The number of nitro benzene ring substituents is 1. The number of rotatable bonds is 5. The number of carboxylic acid groups (broad SMARTS) is 1. The van der Waals surface area contributed by atoms with Gasteiger partial charge in [0.05, 0.1) is 23.6 Å². The van der Waals surface area contributed by atoms with E-state index < -0.39 is 16.9 Å². The second-order valence-electron chi connectivity index (χ2n) is 6.57. The normalized spacial score (nSPS) is 16.7. The standard InChI is InChI=1S/C18H17N5O4S/c1-11-19-20-17-10-21(15(18(24)25)9-22(11)17)8-12-6-7-16(28-12)13-4-2-3-5-14(13)23(26)27/h2-7,15H,8-10H2,1H3,(H,24,25). The Bertz CT molecular complexity index is 1060. The van der Waals surface area contributed by atoms with E-state index in [-0.39, 0.29) is 5.69 Å². The van der Waals surface area contributed by atoms with E-state index in [0.717, 1.165) is 15.6 Å². The van der Waals surface area contributed by atoms with Gasteiger partial charge < -0.3 is 9.67 Å². The molecule has 1 N–H and O–H groups in total. The van der Waals surface area contributed by atoms with Crippen LogP contribution < -0.4 is 0 Å². The number of carboxylic acids is 1. The number of benzene rings is 1. The molecule has 3 heterocycles. The SMILES string of the molecule is Cc1nnc2n1CC(C(=O)O)N(Cc1ccc(-c3ccccc3[N+](=O)[O-])s1)C2. The molecule has 4 rings (SSSR count). The first-order valence-corrected chi connectivity index (χ1v) is 9.43. The number of fused-ring (bicyclic) bond motifs is 1. The van der Waals surface area contributed by atoms with Gasteiger partial charge in [0, 0.05) is 22.4 Å². The van der Waals surface area contributed by atoms with Crippen LogP contribution in [0.1, 0.15) is 16.5 Å². The van der Waals surface area contributed by atoms with Crippen LogP contribution in [0.5, 0.6) is 0 Å². The number of hydrogen-bond acceptors (Lipinski definition) is 7. The van der Waals surface area contributed by atoms with Crippen LogP contribution >= 0.6 is 11.3 Å². The number of aryl methyl sites for hydroxylation is 1. The number of thiophene rings is 1. The van der Waals surface area contributed by atoms with Gasteiger partial charge in [-0.2, -0.15) is 0 Å². The lowest BCUT2D eigenvalue weighted by Crippen LogP contribution is -2.47. The maximum atomic E-state index is 11.8. The summed E-state index contributed by atoms with van der Waals surface area (Å²) in [6.45, 7) is 2.92. The Morgan fingerprint density at radius 2 is 2.11 bits per heavy atom. The quantitative estimate of drug-likeness (QED) is 0.518. The largest absolute Gasteiger partial charge is 0.480 e. The molecule has 0 fully saturated rings. The predicted molar refractivity (Wildman–Crippen MR) is 102 cm³/mol. The van der Waals surface area contributed by atoms with Gasteiger partial charge in [-0.1, -0.05) is 12.1 Å². The van der Waals surface area contributed by atoms with Gasteiger partial charge in [-0.15, -0.1) is 21.5 Å². The first-order chi connectivity index (χ1) is 13.4. The highest BCUT2D eigenvalue weighted by atomic mass is 32.1. The topological polar surface area (TPSA) is 114 Å². The molecule has 0 spiro atoms. The molecule has 0 saturated carbocycles. The van der Waals surface area contributed by atoms with Crippen molar-refractivity contribution in [2.24, 2.45) is 0 Å². The molecule has 1 aliphatic rings. The number of aliphatic carboxylic acids is 1. The van der Waals surface area contributed by atoms with Gasteiger partial charge in [-0.05, 0) is 25.1 Å². The zero-order valence-electron chi connectivity index (χ0n) is 15.0. The second kappa shape index (κ2) is 7.13. The Labute approximate surface area is 164 Å². The van der Waals surface area contributed by atoms with Gasteiger partial charge in [0.25, 0.3) is 5.69 Å². The fourth-order valence-corrected chi connectivity index (χ4v) is 4.48. The highest BCUT2D eigenvalue weighted by molar-refractivity contribution is 7.15. The minimum Gasteiger partial charge on any atom is -0.480 e. The summed E-state index contributed by atoms with van der Waals surface area (Å²) in [7, 11) is 0. The fraction of sp³-hybridized carbons (Fsp3) is 0.278. The summed E-state index contributed by atoms with van der Waals surface area (Å²) in [4.78, 5) is 26.2. The van der Waals surface area contributed by atoms with E-state index in [1.165, 1.54) is 17.4 Å². The minimum absolute atomic E-state index is 0.0564. The third kappa shape index (κ3) is 3.27. The molecular weight excluding hydrogens is 382 g/mol. The van der Waals surface area contributed by atoms with E-state index in [0.29, 0.717) is 31.0 Å². The lowest BCUT2D eigenvalue weighted by molar-refractivity contribution is -0.384. The van der Waals surface area contributed by atoms with Crippen LogP contribution in [0.2, 0.25) is 0 Å². The number of para-hydroxylation sites is 1. The average molecular weight is 399 g/mol. The van der Waals surface area contributed by atoms with Gasteiger partial charge in [-0.3, -0.25) is 19.8 Å². The minimum atomic E-state index is -0.894. The molecule has 0 aliphatic carbocycles. The van der Waals surface area contributed by atoms with E-state index in [2.05, 4.69) is 10.2 Å². The Kier molecular flexibility index (Phi) is 4.65. The number of hydrogen-bond donors (Lipinski definition) is 1. The molecular formula is C18H17N5O4S. The Morgan fingerprint density at radius 3 is 2.86 bits per heavy atom. The summed E-state index contributed by atoms with van der Waals surface area (Å²) in [6.07, 6.45) is 0. The number of nitrogens with zero attached hydrogens (tertiary/aromatic N) is 5. The van der Waals surface area contributed by atoms with Crippen LogP contribution in [0.4, 0.5) is 5.69 Å². The van der Waals surface area contributed by atoms with Crippen LogP contribution in [0.25, 0.3) is 10.4 Å². The highest BCUT2D eigenvalue weighted by Gasteiger charge is 2.33. The maximum Gasteiger partial charge on any atom is 0.322 e. The number of carbonyl (C=O) groups is 1. The number of aromatic nitrogens is 3. The predicted octanol–water partition coefficient (Wildman–Crippen LogP) is 2.69. The summed E-state index contributed by atoms with van der Waals surface area (Å²) >= 11 is 1.43. The van der Waals surface area contributed by atoms with Crippen molar-refractivity contribution in [2.75, 3.05) is 0 Å². The maximum absolute atomic E-state index is 11.8. The molecule has 9 nitrogen and oxygen atoms in total. The van der Waals surface area contributed by atoms with E-state index in [4.69, 9.17) is 0 Å². The Hall–Kier alpha value is -3.11. The second-order valence-corrected chi connectivity index (χ2v) is 7.74. The third-order valence-corrected chi connectivity index (χ3v) is 5.93. The summed E-state index contributed by atoms with van der Waals surface area (Å²) in [5.41, 5.74) is 0.619. The van der Waals surface area contributed by atoms with Gasteiger partial charge >= 0.3 is 5.97 Å². The molecule has 1 unspecified atom stereocenters. The summed E-state index contributed by atoms with van der Waals surface area (Å²) < 4.78 is 1.84. The van der Waals surface area contributed by atoms with Crippen LogP contribution in [0.3, 0.4) is 0 Å². The van der Waals surface area contributed by atoms with Crippen molar-refractivity contribution in [3.05, 3.63) is 63.0 Å². The smallest absolute Gasteiger partial charge is 0.322 e. The Morgan fingerprint density at radius 1 is 1.32 bits per heavy atom. The van der Waals surface area contributed by atoms with Crippen molar-refractivity contribution < 1.29 is 14.8 Å². The molecule has 0 saturated heterocycles. The molecule has 1 atom stereocenters. The van der Waals surface area contributed by atoms with E-state index in [1.807, 2.05) is 28.5 Å². The van der Waals surface area contributed by atoms with Crippen molar-refractivity contribution in [1.82, 2.24) is 19.7 Å². The van der Waals surface area contributed by atoms with Crippen LogP contribution in [0.15, 0.2) is 36.4 Å². The number of nitro groups is 1. The molecule has 1 aliphatic heterocycles. The molecule has 0 radical (unpaired) electrons. The lowest BCUT2D eigenvalue weighted by atomic mass is 10.1. The first kappa shape index (κ1) is 18.3. The van der Waals surface area contributed by atoms with Crippen LogP contribution in [-0.4, -0.2) is 41.7 Å². The fourth-order valence-electron chi connectivity index (χ4n) is 3.41. The Balaban J connectivity index is 1.60. The van der Waals surface area contributed by atoms with Crippen molar-refractivity contribution in [1.29, 1.82) is 0 Å². The zero-order chi connectivity index (χ0) is 19.8. The van der Waals surface area contributed by atoms with Crippen molar-refractivity contribution in [3.8, 4) is 10.4 Å². The van der Waals surface area contributed by atoms with E-state index >= 15 is 0 Å². The van der Waals surface area contributed by atoms with Crippen molar-refractivity contribution in [3.63, 3.8) is 0 Å². The third-order valence-electron chi connectivity index (χ3n) is 4.82. The summed E-state index contributed by atoms with van der Waals surface area (Å²) in [6, 6.07) is 9.66. The molecule has 28 heavy (non-hydrogen) atoms. The van der Waals surface area contributed by atoms with Crippen LogP contribution in [0, 0.1) is 17.0 Å². The lowest BCUT2D eigenvalue weighted by Gasteiger charge is -2.33. The van der Waals surface area contributed by atoms with Crippen LogP contribution in [-0.2, 0) is 24.4 Å². The molecule has 2 aromatic heterocycles. The zero-order valence-corrected chi connectivity index (χ0v) is 15.8. The van der Waals surface area contributed by atoms with Gasteiger partial charge in [0.1, 0.15) is 17.7 Å². The summed E-state index contributed by atoms with van der Waals surface area (Å²) in [5, 5.41) is 29.1. The molecule has 0 amide bonds. The van der Waals surface area contributed by atoms with Gasteiger partial charge in [0.15, 0.2) is 0 Å². The molecule has 144 valence electrons. The van der Waals surface area contributed by atoms with E-state index in [9.17, 15) is 20.0 Å². The first-order valence-electron chi connectivity index (χ1n) is 8.62. The van der Waals surface area contributed by atoms with Gasteiger partial charge in [-0.25, -0.2) is 0 Å². The van der Waals surface area contributed by atoms with Crippen molar-refractivity contribution >= 4 is 23.0 Å². The monoisotopic (exact) mass is 399 g/mol. The highest BCUT2D eigenvalue weighted by Crippen LogP contribution is 2.35. The molecule has 1 aromatic carbocycles. The van der Waals surface area contributed by atoms with Gasteiger partial charge in [0.2, 0.25) is 0 Å². The molecule has 10 heteroatoms. The molecule has 3 aromatic rings. The summed E-state index contributed by atoms with van der Waals surface area (Å²) in [5.74, 6) is 0.551. The molecule has 0 bridgehead atoms. The average Bonchev–Trinajstić information content (AvgIpc) is 3.28. The van der Waals surface area contributed by atoms with Crippen molar-refractivity contribution in [2.45, 2.75) is 32.6 Å². The van der Waals surface area contributed by atoms with E-state index in [1.54, 1.807) is 18.2 Å².